The number of aliphatic imine (C=N–C) groups is 1. The lowest BCUT2D eigenvalue weighted by Gasteiger charge is -2.12. The molecule has 1 amide bonds. The van der Waals surface area contributed by atoms with Crippen molar-refractivity contribution in [1.29, 1.82) is 0 Å². The molecule has 0 saturated carbocycles. The molecule has 4 nitrogen and oxygen atoms in total. The second-order valence-corrected chi connectivity index (χ2v) is 10.9. The van der Waals surface area contributed by atoms with Crippen molar-refractivity contribution in [3.05, 3.63) is 95.4 Å². The Bertz CT molecular complexity index is 1330. The summed E-state index contributed by atoms with van der Waals surface area (Å²) in [6, 6.07) is 14.9. The number of amidine groups is 1. The first-order valence-corrected chi connectivity index (χ1v) is 13.5. The number of carbonyl (C=O) groups excluding carboxylic acids is 1. The van der Waals surface area contributed by atoms with Gasteiger partial charge in [-0.25, -0.2) is 9.38 Å². The molecule has 1 heterocycles. The number of rotatable bonds is 6. The van der Waals surface area contributed by atoms with Gasteiger partial charge in [0.25, 0.3) is 5.91 Å². The Morgan fingerprint density at radius 1 is 1.06 bits per heavy atom. The zero-order valence-corrected chi connectivity index (χ0v) is 23.7. The summed E-state index contributed by atoms with van der Waals surface area (Å²) in [4.78, 5) is 19.6. The summed E-state index contributed by atoms with van der Waals surface area (Å²) in [5.41, 5.74) is 2.26. The monoisotopic (exact) mass is 656 g/mol. The molecular formula is C25H17Br2Cl2FN2O2S. The van der Waals surface area contributed by atoms with Gasteiger partial charge in [0.2, 0.25) is 0 Å². The second-order valence-electron chi connectivity index (χ2n) is 7.38. The Balaban J connectivity index is 1.55. The molecule has 0 aromatic heterocycles. The van der Waals surface area contributed by atoms with Crippen LogP contribution in [0.3, 0.4) is 0 Å². The molecule has 10 heteroatoms. The summed E-state index contributed by atoms with van der Waals surface area (Å²) in [7, 11) is 0. The highest BCUT2D eigenvalue weighted by Gasteiger charge is 2.32. The number of ether oxygens (including phenoxy) is 1. The molecule has 1 aliphatic heterocycles. The molecule has 1 saturated heterocycles. The van der Waals surface area contributed by atoms with Crippen molar-refractivity contribution in [2.75, 3.05) is 6.54 Å². The van der Waals surface area contributed by atoms with Gasteiger partial charge in [0, 0.05) is 6.54 Å². The number of likely N-dealkylation sites (N-methyl/N-ethyl adjacent to an activating group) is 1. The largest absolute Gasteiger partial charge is 0.487 e. The van der Waals surface area contributed by atoms with Crippen LogP contribution >= 0.6 is 66.8 Å². The predicted octanol–water partition coefficient (Wildman–Crippen LogP) is 8.86. The van der Waals surface area contributed by atoms with Crippen LogP contribution in [0.2, 0.25) is 10.0 Å². The van der Waals surface area contributed by atoms with E-state index in [1.165, 1.54) is 23.9 Å². The van der Waals surface area contributed by atoms with Gasteiger partial charge in [-0.3, -0.25) is 9.69 Å². The van der Waals surface area contributed by atoms with Gasteiger partial charge in [-0.05, 0) is 116 Å². The number of nitrogens with zero attached hydrogens (tertiary/aromatic N) is 2. The minimum atomic E-state index is -0.336. The maximum absolute atomic E-state index is 13.2. The number of amides is 1. The Kier molecular flexibility index (Phi) is 8.60. The highest BCUT2D eigenvalue weighted by Crippen LogP contribution is 2.39. The van der Waals surface area contributed by atoms with Crippen LogP contribution in [0.5, 0.6) is 5.75 Å². The molecule has 3 aromatic carbocycles. The number of benzene rings is 3. The third-order valence-electron chi connectivity index (χ3n) is 4.94. The zero-order chi connectivity index (χ0) is 25.1. The van der Waals surface area contributed by atoms with E-state index in [1.54, 1.807) is 35.2 Å². The van der Waals surface area contributed by atoms with Gasteiger partial charge in [0.1, 0.15) is 18.2 Å². The molecule has 0 aliphatic carbocycles. The molecule has 0 unspecified atom stereocenters. The van der Waals surface area contributed by atoms with Crippen molar-refractivity contribution >= 4 is 89.7 Å². The maximum atomic E-state index is 13.2. The third-order valence-corrected chi connectivity index (χ3v) is 7.86. The molecule has 4 rings (SSSR count). The molecule has 0 N–H and O–H groups in total. The lowest BCUT2D eigenvalue weighted by Crippen LogP contribution is -2.28. The standard InChI is InChI=1S/C25H17Br2Cl2FN2O2S/c1-2-32-24(33)22(35-25(32)31-17-6-4-16(30)5-7-17)12-15-9-18(26)23(19(27)10-15)34-13-14-3-8-20(28)21(29)11-14/h3-12H,2,13H2,1H3/b22-12+,31-25?. The zero-order valence-electron chi connectivity index (χ0n) is 18.2. The Labute approximate surface area is 233 Å². The fourth-order valence-electron chi connectivity index (χ4n) is 3.23. The van der Waals surface area contributed by atoms with Gasteiger partial charge in [-0.15, -0.1) is 0 Å². The van der Waals surface area contributed by atoms with E-state index in [1.807, 2.05) is 25.1 Å². The van der Waals surface area contributed by atoms with Gasteiger partial charge in [0.15, 0.2) is 5.17 Å². The molecule has 3 aromatic rings. The third kappa shape index (κ3) is 6.30. The number of halogens is 5. The molecule has 35 heavy (non-hydrogen) atoms. The summed E-state index contributed by atoms with van der Waals surface area (Å²) in [6.45, 7) is 2.66. The molecular weight excluding hydrogens is 642 g/mol. The van der Waals surface area contributed by atoms with E-state index in [4.69, 9.17) is 27.9 Å². The van der Waals surface area contributed by atoms with E-state index in [9.17, 15) is 9.18 Å². The van der Waals surface area contributed by atoms with Crippen molar-refractivity contribution in [1.82, 2.24) is 4.90 Å². The average molecular weight is 659 g/mol. The van der Waals surface area contributed by atoms with Gasteiger partial charge < -0.3 is 4.74 Å². The Hall–Kier alpha value is -1.84. The SMILES string of the molecule is CCN1C(=O)/C(=C\c2cc(Br)c(OCc3ccc(Cl)c(Cl)c3)c(Br)c2)SC1=Nc1ccc(F)cc1. The lowest BCUT2D eigenvalue weighted by atomic mass is 10.2. The first kappa shape index (κ1) is 26.2. The number of hydrogen-bond acceptors (Lipinski definition) is 4. The Morgan fingerprint density at radius 2 is 1.74 bits per heavy atom. The van der Waals surface area contributed by atoms with Gasteiger partial charge in [-0.2, -0.15) is 0 Å². The first-order valence-electron chi connectivity index (χ1n) is 10.4. The van der Waals surface area contributed by atoms with E-state index < -0.39 is 0 Å². The maximum Gasteiger partial charge on any atom is 0.266 e. The van der Waals surface area contributed by atoms with Crippen LogP contribution in [-0.2, 0) is 11.4 Å². The molecule has 0 radical (unpaired) electrons. The first-order chi connectivity index (χ1) is 16.7. The second kappa shape index (κ2) is 11.5. The number of hydrogen-bond donors (Lipinski definition) is 0. The van der Waals surface area contributed by atoms with Crippen LogP contribution in [0.25, 0.3) is 6.08 Å². The van der Waals surface area contributed by atoms with Crippen LogP contribution in [0, 0.1) is 5.82 Å². The molecule has 0 atom stereocenters. The van der Waals surface area contributed by atoms with Gasteiger partial charge >= 0.3 is 0 Å². The summed E-state index contributed by atoms with van der Waals surface area (Å²) in [6.07, 6.45) is 1.81. The van der Waals surface area contributed by atoms with E-state index in [2.05, 4.69) is 36.9 Å². The van der Waals surface area contributed by atoms with Crippen LogP contribution in [0.1, 0.15) is 18.1 Å². The Morgan fingerprint density at radius 3 is 2.37 bits per heavy atom. The summed E-state index contributed by atoms with van der Waals surface area (Å²) in [5, 5.41) is 1.51. The minimum absolute atomic E-state index is 0.134. The molecule has 0 bridgehead atoms. The summed E-state index contributed by atoms with van der Waals surface area (Å²) >= 11 is 20.5. The quantitative estimate of drug-likeness (QED) is 0.249. The molecule has 1 fully saturated rings. The van der Waals surface area contributed by atoms with E-state index >= 15 is 0 Å². The topological polar surface area (TPSA) is 41.9 Å². The number of carbonyl (C=O) groups is 1. The number of thioether (sulfide) groups is 1. The highest BCUT2D eigenvalue weighted by atomic mass is 79.9. The van der Waals surface area contributed by atoms with Gasteiger partial charge in [-0.1, -0.05) is 29.3 Å². The van der Waals surface area contributed by atoms with Crippen LogP contribution < -0.4 is 4.74 Å². The van der Waals surface area contributed by atoms with Crippen molar-refractivity contribution in [3.8, 4) is 5.75 Å². The average Bonchev–Trinajstić information content (AvgIpc) is 3.10. The molecule has 1 aliphatic rings. The summed E-state index contributed by atoms with van der Waals surface area (Å²) < 4.78 is 20.6. The van der Waals surface area contributed by atoms with E-state index in [0.29, 0.717) is 44.7 Å². The highest BCUT2D eigenvalue weighted by molar-refractivity contribution is 9.11. The van der Waals surface area contributed by atoms with Crippen molar-refractivity contribution in [2.45, 2.75) is 13.5 Å². The van der Waals surface area contributed by atoms with E-state index in [-0.39, 0.29) is 11.7 Å². The van der Waals surface area contributed by atoms with Crippen molar-refractivity contribution in [3.63, 3.8) is 0 Å². The lowest BCUT2D eigenvalue weighted by molar-refractivity contribution is -0.122. The smallest absolute Gasteiger partial charge is 0.266 e. The molecule has 0 spiro atoms. The van der Waals surface area contributed by atoms with Crippen molar-refractivity contribution < 1.29 is 13.9 Å². The van der Waals surface area contributed by atoms with Gasteiger partial charge in [0.05, 0.1) is 29.6 Å². The van der Waals surface area contributed by atoms with Crippen LogP contribution in [-0.4, -0.2) is 22.5 Å². The van der Waals surface area contributed by atoms with Crippen LogP contribution in [0.4, 0.5) is 10.1 Å². The minimum Gasteiger partial charge on any atom is -0.487 e. The molecule has 180 valence electrons. The normalized spacial score (nSPS) is 15.9. The fraction of sp³-hybridized carbons (Fsp3) is 0.120. The van der Waals surface area contributed by atoms with E-state index in [0.717, 1.165) is 20.1 Å². The predicted molar refractivity (Wildman–Crippen MR) is 149 cm³/mol. The summed E-state index contributed by atoms with van der Waals surface area (Å²) in [5.74, 6) is 0.153. The van der Waals surface area contributed by atoms with Crippen LogP contribution in [0.15, 0.2) is 73.4 Å². The van der Waals surface area contributed by atoms with Crippen molar-refractivity contribution in [2.24, 2.45) is 4.99 Å². The fourth-order valence-corrected chi connectivity index (χ4v) is 6.07.